The van der Waals surface area contributed by atoms with E-state index >= 15 is 0 Å². The molecule has 4 aromatic rings. The first-order valence-electron chi connectivity index (χ1n) is 10.7. The van der Waals surface area contributed by atoms with Crippen LogP contribution in [-0.4, -0.2) is 7.05 Å². The van der Waals surface area contributed by atoms with Gasteiger partial charge in [0.2, 0.25) is 0 Å². The van der Waals surface area contributed by atoms with Crippen molar-refractivity contribution in [2.24, 2.45) is 0 Å². The Morgan fingerprint density at radius 2 is 1.28 bits per heavy atom. The smallest absolute Gasteiger partial charge is 0.0414 e. The van der Waals surface area contributed by atoms with Gasteiger partial charge in [-0.1, -0.05) is 73.5 Å². The third-order valence-corrected chi connectivity index (χ3v) is 7.22. The molecule has 6 rings (SSSR count). The highest BCUT2D eigenvalue weighted by atomic mass is 15.1. The fourth-order valence-electron chi connectivity index (χ4n) is 5.70. The van der Waals surface area contributed by atoms with E-state index in [0.29, 0.717) is 0 Å². The molecular formula is C28H25N. The summed E-state index contributed by atoms with van der Waals surface area (Å²) in [5.74, 6) is 0. The molecule has 0 radical (unpaired) electrons. The molecule has 0 aromatic heterocycles. The molecule has 0 amide bonds. The van der Waals surface area contributed by atoms with Crippen LogP contribution in [0.2, 0.25) is 0 Å². The summed E-state index contributed by atoms with van der Waals surface area (Å²) in [5, 5.41) is 2.58. The molecule has 1 nitrogen and oxygen atoms in total. The molecule has 2 aliphatic rings. The first-order valence-corrected chi connectivity index (χ1v) is 10.7. The monoisotopic (exact) mass is 375 g/mol. The maximum atomic E-state index is 2.47. The van der Waals surface area contributed by atoms with Crippen LogP contribution in [0.1, 0.15) is 36.8 Å². The first-order chi connectivity index (χ1) is 14.3. The Hall–Kier alpha value is -3.06. The van der Waals surface area contributed by atoms with Gasteiger partial charge in [0.25, 0.3) is 0 Å². The molecule has 1 heteroatoms. The van der Waals surface area contributed by atoms with Gasteiger partial charge >= 0.3 is 0 Å². The van der Waals surface area contributed by atoms with Crippen LogP contribution < -0.4 is 4.90 Å². The fraction of sp³-hybridized carbons (Fsp3) is 0.214. The molecule has 2 aliphatic carbocycles. The fourth-order valence-corrected chi connectivity index (χ4v) is 5.70. The van der Waals surface area contributed by atoms with Gasteiger partial charge in [-0.2, -0.15) is 0 Å². The molecule has 142 valence electrons. The Morgan fingerprint density at radius 1 is 0.621 bits per heavy atom. The van der Waals surface area contributed by atoms with E-state index in [0.717, 1.165) is 0 Å². The predicted octanol–water partition coefficient (Wildman–Crippen LogP) is 7.45. The predicted molar refractivity (Wildman–Crippen MR) is 123 cm³/mol. The Morgan fingerprint density at radius 3 is 2.14 bits per heavy atom. The molecule has 0 unspecified atom stereocenters. The van der Waals surface area contributed by atoms with E-state index in [1.54, 1.807) is 11.1 Å². The lowest BCUT2D eigenvalue weighted by molar-refractivity contribution is 0.550. The van der Waals surface area contributed by atoms with Gasteiger partial charge in [-0.15, -0.1) is 0 Å². The maximum Gasteiger partial charge on any atom is 0.0414 e. The SMILES string of the molecule is CN(c1ccc2c(c1)C1(CCCC1)c1ccccc1-2)c1ccc2ccccc2c1. The van der Waals surface area contributed by atoms with E-state index in [9.17, 15) is 0 Å². The van der Waals surface area contributed by atoms with Crippen LogP contribution >= 0.6 is 0 Å². The van der Waals surface area contributed by atoms with E-state index in [-0.39, 0.29) is 5.41 Å². The lowest BCUT2D eigenvalue weighted by Crippen LogP contribution is -2.21. The van der Waals surface area contributed by atoms with Crippen molar-refractivity contribution < 1.29 is 0 Å². The van der Waals surface area contributed by atoms with Gasteiger partial charge in [-0.25, -0.2) is 0 Å². The topological polar surface area (TPSA) is 3.24 Å². The summed E-state index contributed by atoms with van der Waals surface area (Å²) >= 11 is 0. The molecule has 1 spiro atoms. The third kappa shape index (κ3) is 2.40. The summed E-state index contributed by atoms with van der Waals surface area (Å²) in [6, 6.07) is 31.5. The average molecular weight is 376 g/mol. The second-order valence-corrected chi connectivity index (χ2v) is 8.66. The van der Waals surface area contributed by atoms with Crippen LogP contribution in [-0.2, 0) is 5.41 Å². The van der Waals surface area contributed by atoms with E-state index < -0.39 is 0 Å². The Labute approximate surface area is 172 Å². The van der Waals surface area contributed by atoms with Gasteiger partial charge in [0.1, 0.15) is 0 Å². The largest absolute Gasteiger partial charge is 0.345 e. The summed E-state index contributed by atoms with van der Waals surface area (Å²) in [5.41, 5.74) is 8.73. The molecule has 0 aliphatic heterocycles. The van der Waals surface area contributed by atoms with Crippen LogP contribution in [0, 0.1) is 0 Å². The second kappa shape index (κ2) is 6.22. The van der Waals surface area contributed by atoms with Crippen LogP contribution in [0.5, 0.6) is 0 Å². The van der Waals surface area contributed by atoms with Gasteiger partial charge < -0.3 is 4.90 Å². The Kier molecular flexibility index (Phi) is 3.61. The number of hydrogen-bond donors (Lipinski definition) is 0. The standard InChI is InChI=1S/C28H25N/c1-29(22-13-12-20-8-2-3-9-21(20)18-22)23-14-15-25-24-10-4-5-11-26(24)28(27(25)19-23)16-6-7-17-28/h2-5,8-15,18-19H,6-7,16-17H2,1H3. The van der Waals surface area contributed by atoms with Crippen molar-refractivity contribution in [1.29, 1.82) is 0 Å². The maximum absolute atomic E-state index is 2.47. The number of hydrogen-bond acceptors (Lipinski definition) is 1. The van der Waals surface area contributed by atoms with E-state index in [1.165, 1.54) is 59.0 Å². The zero-order valence-electron chi connectivity index (χ0n) is 16.9. The van der Waals surface area contributed by atoms with E-state index in [2.05, 4.69) is 96.9 Å². The van der Waals surface area contributed by atoms with Gasteiger partial charge in [0, 0.05) is 23.8 Å². The number of anilines is 2. The van der Waals surface area contributed by atoms with Crippen molar-refractivity contribution in [3.8, 4) is 11.1 Å². The number of rotatable bonds is 2. The van der Waals surface area contributed by atoms with Crippen LogP contribution in [0.25, 0.3) is 21.9 Å². The van der Waals surface area contributed by atoms with Crippen molar-refractivity contribution in [3.05, 3.63) is 96.1 Å². The highest BCUT2D eigenvalue weighted by molar-refractivity contribution is 5.88. The lowest BCUT2D eigenvalue weighted by atomic mass is 9.76. The van der Waals surface area contributed by atoms with Crippen LogP contribution in [0.15, 0.2) is 84.9 Å². The number of nitrogens with zero attached hydrogens (tertiary/aromatic N) is 1. The Balaban J connectivity index is 1.47. The van der Waals surface area contributed by atoms with Crippen molar-refractivity contribution in [2.75, 3.05) is 11.9 Å². The quantitative estimate of drug-likeness (QED) is 0.352. The molecule has 1 fully saturated rings. The van der Waals surface area contributed by atoms with E-state index in [4.69, 9.17) is 0 Å². The van der Waals surface area contributed by atoms with Crippen molar-refractivity contribution in [3.63, 3.8) is 0 Å². The summed E-state index contributed by atoms with van der Waals surface area (Å²) in [6.45, 7) is 0. The highest BCUT2D eigenvalue weighted by Crippen LogP contribution is 2.57. The van der Waals surface area contributed by atoms with Gasteiger partial charge in [-0.05, 0) is 70.1 Å². The normalized spacial score (nSPS) is 16.2. The summed E-state index contributed by atoms with van der Waals surface area (Å²) < 4.78 is 0. The summed E-state index contributed by atoms with van der Waals surface area (Å²) in [6.07, 6.45) is 5.22. The molecule has 0 atom stereocenters. The second-order valence-electron chi connectivity index (χ2n) is 8.66. The zero-order chi connectivity index (χ0) is 19.4. The zero-order valence-corrected chi connectivity index (χ0v) is 16.9. The first kappa shape index (κ1) is 16.9. The molecule has 0 heterocycles. The van der Waals surface area contributed by atoms with Gasteiger partial charge in [0.15, 0.2) is 0 Å². The molecule has 1 saturated carbocycles. The molecule has 0 bridgehead atoms. The van der Waals surface area contributed by atoms with Gasteiger partial charge in [-0.3, -0.25) is 0 Å². The summed E-state index contributed by atoms with van der Waals surface area (Å²) in [4.78, 5) is 2.33. The van der Waals surface area contributed by atoms with Crippen LogP contribution in [0.3, 0.4) is 0 Å². The minimum absolute atomic E-state index is 0.228. The average Bonchev–Trinajstić information content (AvgIpc) is 3.38. The summed E-state index contributed by atoms with van der Waals surface area (Å²) in [7, 11) is 2.19. The van der Waals surface area contributed by atoms with Crippen molar-refractivity contribution in [1.82, 2.24) is 0 Å². The molecule has 29 heavy (non-hydrogen) atoms. The Bertz CT molecular complexity index is 1230. The van der Waals surface area contributed by atoms with E-state index in [1.807, 2.05) is 0 Å². The number of fused-ring (bicyclic) bond motifs is 6. The number of benzene rings is 4. The molecule has 0 saturated heterocycles. The van der Waals surface area contributed by atoms with Crippen molar-refractivity contribution in [2.45, 2.75) is 31.1 Å². The molecule has 0 N–H and O–H groups in total. The minimum atomic E-state index is 0.228. The third-order valence-electron chi connectivity index (χ3n) is 7.22. The minimum Gasteiger partial charge on any atom is -0.345 e. The van der Waals surface area contributed by atoms with Crippen molar-refractivity contribution >= 4 is 22.1 Å². The lowest BCUT2D eigenvalue weighted by Gasteiger charge is -2.28. The highest BCUT2D eigenvalue weighted by Gasteiger charge is 2.44. The van der Waals surface area contributed by atoms with Crippen LogP contribution in [0.4, 0.5) is 11.4 Å². The molecular weight excluding hydrogens is 350 g/mol. The van der Waals surface area contributed by atoms with Gasteiger partial charge in [0.05, 0.1) is 0 Å². The molecule has 4 aromatic carbocycles.